The van der Waals surface area contributed by atoms with E-state index in [9.17, 15) is 4.79 Å². The number of amides is 1. The van der Waals surface area contributed by atoms with E-state index in [4.69, 9.17) is 0 Å². The molecule has 0 radical (unpaired) electrons. The number of hydrogen-bond acceptors (Lipinski definition) is 2. The molecule has 0 aromatic rings. The Morgan fingerprint density at radius 3 is 2.17 bits per heavy atom. The van der Waals surface area contributed by atoms with Gasteiger partial charge in [-0.25, -0.2) is 4.79 Å². The molecule has 0 saturated carbocycles. The minimum Gasteiger partial charge on any atom is -1.00 e. The molecule has 1 amide bonds. The zero-order chi connectivity index (χ0) is 4.28. The molecule has 0 aliphatic rings. The zero-order valence-corrected chi connectivity index (χ0v) is 5.02. The largest absolute Gasteiger partial charge is 2.00 e. The van der Waals surface area contributed by atoms with Crippen LogP contribution in [0.1, 0.15) is 2.85 Å². The Morgan fingerprint density at radius 1 is 2.00 bits per heavy atom. The van der Waals surface area contributed by atoms with Gasteiger partial charge in [-0.05, 0) is 0 Å². The van der Waals surface area contributed by atoms with Gasteiger partial charge in [0.15, 0.2) is 0 Å². The van der Waals surface area contributed by atoms with E-state index >= 15 is 0 Å². The van der Waals surface area contributed by atoms with Crippen molar-refractivity contribution in [3.63, 3.8) is 0 Å². The standard InChI is InChI=1S/C2H5NO2.Mg.2H/c1-5-2(3)4;;;/h1H3,(H2,3,4);;;/q;+2;2*-1. The second-order valence-electron chi connectivity index (χ2n) is 0.523. The van der Waals surface area contributed by atoms with E-state index in [-0.39, 0.29) is 25.9 Å². The van der Waals surface area contributed by atoms with Crippen LogP contribution in [0.4, 0.5) is 4.79 Å². The van der Waals surface area contributed by atoms with Crippen molar-refractivity contribution in [3.8, 4) is 0 Å². The third-order valence-corrected chi connectivity index (χ3v) is 0.201. The van der Waals surface area contributed by atoms with Gasteiger partial charge in [-0.2, -0.15) is 0 Å². The molecule has 0 saturated heterocycles. The Kier molecular flexibility index (Phi) is 7.89. The van der Waals surface area contributed by atoms with E-state index in [1.54, 1.807) is 0 Å². The van der Waals surface area contributed by atoms with Gasteiger partial charge >= 0.3 is 29.1 Å². The Morgan fingerprint density at radius 2 is 2.17 bits per heavy atom. The van der Waals surface area contributed by atoms with Gasteiger partial charge in [0.1, 0.15) is 0 Å². The van der Waals surface area contributed by atoms with Gasteiger partial charge in [0.05, 0.1) is 7.11 Å². The van der Waals surface area contributed by atoms with Crippen LogP contribution in [0, 0.1) is 0 Å². The number of ether oxygens (including phenoxy) is 1. The fraction of sp³-hybridized carbons (Fsp3) is 0.500. The molecular weight excluding hydrogens is 94.3 g/mol. The molecule has 3 nitrogen and oxygen atoms in total. The Labute approximate surface area is 55.0 Å². The van der Waals surface area contributed by atoms with Crippen molar-refractivity contribution in [2.24, 2.45) is 5.73 Å². The van der Waals surface area contributed by atoms with Crippen molar-refractivity contribution >= 4 is 29.1 Å². The third-order valence-electron chi connectivity index (χ3n) is 0.201. The Bertz CT molecular complexity index is 53.3. The topological polar surface area (TPSA) is 52.3 Å². The van der Waals surface area contributed by atoms with Gasteiger partial charge in [0, 0.05) is 0 Å². The SMILES string of the molecule is COC(N)=O.[H-].[H-].[Mg+2]. The summed E-state index contributed by atoms with van der Waals surface area (Å²) in [6.45, 7) is 0. The van der Waals surface area contributed by atoms with Crippen LogP contribution in [0.3, 0.4) is 0 Å². The second kappa shape index (κ2) is 5.04. The van der Waals surface area contributed by atoms with Gasteiger partial charge in [-0.1, -0.05) is 0 Å². The van der Waals surface area contributed by atoms with Crippen LogP contribution in [-0.4, -0.2) is 36.3 Å². The normalized spacial score (nSPS) is 5.50. The molecule has 0 spiro atoms. The molecule has 0 aliphatic carbocycles. The number of carbonyl (C=O) groups excluding carboxylic acids is 1. The summed E-state index contributed by atoms with van der Waals surface area (Å²) in [5, 5.41) is 0. The van der Waals surface area contributed by atoms with Gasteiger partial charge in [0.2, 0.25) is 0 Å². The Balaban J connectivity index is -0.0000000267. The summed E-state index contributed by atoms with van der Waals surface area (Å²) in [6, 6.07) is 0. The predicted molar refractivity (Wildman–Crippen MR) is 24.6 cm³/mol. The third kappa shape index (κ3) is 8.97. The van der Waals surface area contributed by atoms with E-state index < -0.39 is 6.09 Å². The van der Waals surface area contributed by atoms with Crippen LogP contribution in [-0.2, 0) is 4.74 Å². The van der Waals surface area contributed by atoms with Crippen molar-refractivity contribution < 1.29 is 12.4 Å². The van der Waals surface area contributed by atoms with Crippen LogP contribution >= 0.6 is 0 Å². The number of nitrogens with two attached hydrogens (primary N) is 1. The molecule has 0 aromatic heterocycles. The number of carbonyl (C=O) groups is 1. The van der Waals surface area contributed by atoms with Gasteiger partial charge in [-0.15, -0.1) is 0 Å². The van der Waals surface area contributed by atoms with Crippen LogP contribution in [0.2, 0.25) is 0 Å². The summed E-state index contributed by atoms with van der Waals surface area (Å²) in [7, 11) is 1.22. The fourth-order valence-electron chi connectivity index (χ4n) is 0. The number of methoxy groups -OCH3 is 1. The van der Waals surface area contributed by atoms with Crippen LogP contribution in [0.25, 0.3) is 0 Å². The fourth-order valence-corrected chi connectivity index (χ4v) is 0. The molecule has 6 heavy (non-hydrogen) atoms. The van der Waals surface area contributed by atoms with Crippen LogP contribution in [0.5, 0.6) is 0 Å². The van der Waals surface area contributed by atoms with Gasteiger partial charge in [-0.3, -0.25) is 0 Å². The molecule has 0 unspecified atom stereocenters. The van der Waals surface area contributed by atoms with Crippen LogP contribution in [0.15, 0.2) is 0 Å². The van der Waals surface area contributed by atoms with Gasteiger partial charge < -0.3 is 13.3 Å². The number of hydrogen-bond donors (Lipinski definition) is 1. The summed E-state index contributed by atoms with van der Waals surface area (Å²) in [5.41, 5.74) is 4.43. The maximum Gasteiger partial charge on any atom is 2.00 e. The molecule has 0 rings (SSSR count). The van der Waals surface area contributed by atoms with E-state index in [0.717, 1.165) is 0 Å². The van der Waals surface area contributed by atoms with Crippen molar-refractivity contribution in [2.75, 3.05) is 7.11 Å². The molecule has 0 fully saturated rings. The molecule has 0 atom stereocenters. The van der Waals surface area contributed by atoms with Crippen molar-refractivity contribution in [2.45, 2.75) is 0 Å². The molecule has 0 bridgehead atoms. The molecule has 34 valence electrons. The first-order chi connectivity index (χ1) is 2.27. The summed E-state index contributed by atoms with van der Waals surface area (Å²) in [6.07, 6.45) is -0.745. The predicted octanol–water partition coefficient (Wildman–Crippen LogP) is -0.444. The van der Waals surface area contributed by atoms with E-state index in [1.165, 1.54) is 7.11 Å². The summed E-state index contributed by atoms with van der Waals surface area (Å²) < 4.78 is 3.89. The number of primary amides is 1. The first-order valence-electron chi connectivity index (χ1n) is 1.11. The molecule has 0 heterocycles. The van der Waals surface area contributed by atoms with Crippen LogP contribution < -0.4 is 5.73 Å². The molecule has 0 aliphatic heterocycles. The van der Waals surface area contributed by atoms with Crippen molar-refractivity contribution in [1.82, 2.24) is 0 Å². The quantitative estimate of drug-likeness (QED) is 0.421. The Hall–Kier alpha value is 0.0362. The molecule has 2 N–H and O–H groups in total. The van der Waals surface area contributed by atoms with Crippen molar-refractivity contribution in [3.05, 3.63) is 0 Å². The molecular formula is C2H7MgNO2. The van der Waals surface area contributed by atoms with Crippen molar-refractivity contribution in [1.29, 1.82) is 0 Å². The minimum absolute atomic E-state index is 0. The van der Waals surface area contributed by atoms with E-state index in [0.29, 0.717) is 0 Å². The smallest absolute Gasteiger partial charge is 1.00 e. The maximum atomic E-state index is 9.37. The van der Waals surface area contributed by atoms with E-state index in [2.05, 4.69) is 10.5 Å². The summed E-state index contributed by atoms with van der Waals surface area (Å²) in [4.78, 5) is 9.37. The minimum atomic E-state index is -0.745. The summed E-state index contributed by atoms with van der Waals surface area (Å²) >= 11 is 0. The first-order valence-corrected chi connectivity index (χ1v) is 1.11. The summed E-state index contributed by atoms with van der Waals surface area (Å²) in [5.74, 6) is 0. The molecule has 4 heteroatoms. The number of rotatable bonds is 0. The monoisotopic (exact) mass is 101 g/mol. The zero-order valence-electron chi connectivity index (χ0n) is 5.60. The van der Waals surface area contributed by atoms with E-state index in [1.807, 2.05) is 0 Å². The first kappa shape index (κ1) is 9.40. The average molecular weight is 101 g/mol. The second-order valence-corrected chi connectivity index (χ2v) is 0.523. The average Bonchev–Trinajstić information content (AvgIpc) is 1.38. The van der Waals surface area contributed by atoms with Gasteiger partial charge in [0.25, 0.3) is 0 Å². The maximum absolute atomic E-state index is 9.37. The molecule has 0 aromatic carbocycles.